The number of aromatic nitrogens is 3. The molecular formula is C19H15FN4O4S. The molecule has 0 N–H and O–H groups in total. The Morgan fingerprint density at radius 3 is 2.72 bits per heavy atom. The highest BCUT2D eigenvalue weighted by Gasteiger charge is 2.17. The van der Waals surface area contributed by atoms with Gasteiger partial charge in [-0.05, 0) is 41.6 Å². The zero-order valence-corrected chi connectivity index (χ0v) is 16.2. The number of halogens is 1. The number of aryl methyl sites for hydroxylation is 1. The van der Waals surface area contributed by atoms with Gasteiger partial charge in [-0.3, -0.25) is 14.9 Å². The predicted octanol–water partition coefficient (Wildman–Crippen LogP) is 3.92. The van der Waals surface area contributed by atoms with Gasteiger partial charge in [0.05, 0.1) is 22.5 Å². The van der Waals surface area contributed by atoms with Crippen molar-refractivity contribution in [3.63, 3.8) is 0 Å². The third-order valence-corrected chi connectivity index (χ3v) is 5.04. The molecule has 1 heterocycles. The van der Waals surface area contributed by atoms with Crippen molar-refractivity contribution in [1.29, 1.82) is 0 Å². The standard InChI is InChI=1S/C19H15FN4O4S/c1-23-11-21-22-19(23)29-18-8-4-12(9-16(18)24(26)27)3-7-17(25)14-6-5-13(28-2)10-15(14)20/h3-11H,1-2H3/b7-3+. The van der Waals surface area contributed by atoms with E-state index in [1.165, 1.54) is 43.8 Å². The summed E-state index contributed by atoms with van der Waals surface area (Å²) in [6.07, 6.45) is 4.06. The molecule has 2 aromatic carbocycles. The fourth-order valence-corrected chi connectivity index (χ4v) is 3.26. The second kappa shape index (κ2) is 8.65. The Morgan fingerprint density at radius 1 is 1.31 bits per heavy atom. The summed E-state index contributed by atoms with van der Waals surface area (Å²) in [6.45, 7) is 0. The van der Waals surface area contributed by atoms with Gasteiger partial charge in [-0.15, -0.1) is 10.2 Å². The summed E-state index contributed by atoms with van der Waals surface area (Å²) < 4.78 is 20.6. The van der Waals surface area contributed by atoms with Crippen LogP contribution in [0.2, 0.25) is 0 Å². The van der Waals surface area contributed by atoms with Crippen LogP contribution in [-0.2, 0) is 7.05 Å². The molecule has 0 aliphatic carbocycles. The average Bonchev–Trinajstić information content (AvgIpc) is 3.11. The van der Waals surface area contributed by atoms with Gasteiger partial charge in [-0.1, -0.05) is 12.1 Å². The first-order chi connectivity index (χ1) is 13.9. The van der Waals surface area contributed by atoms with Crippen LogP contribution < -0.4 is 4.74 Å². The van der Waals surface area contributed by atoms with Crippen LogP contribution in [0.1, 0.15) is 15.9 Å². The third kappa shape index (κ3) is 4.66. The maximum absolute atomic E-state index is 14.0. The van der Waals surface area contributed by atoms with Gasteiger partial charge in [0, 0.05) is 19.2 Å². The summed E-state index contributed by atoms with van der Waals surface area (Å²) in [5.41, 5.74) is 0.176. The van der Waals surface area contributed by atoms with Crippen molar-refractivity contribution in [2.45, 2.75) is 10.1 Å². The Morgan fingerprint density at radius 2 is 2.10 bits per heavy atom. The number of nitro benzene ring substituents is 1. The lowest BCUT2D eigenvalue weighted by atomic mass is 10.1. The van der Waals surface area contributed by atoms with Crippen molar-refractivity contribution in [3.05, 3.63) is 75.9 Å². The molecule has 10 heteroatoms. The number of ether oxygens (including phenoxy) is 1. The number of allylic oxidation sites excluding steroid dienone is 1. The van der Waals surface area contributed by atoms with Crippen molar-refractivity contribution in [3.8, 4) is 5.75 Å². The molecule has 3 aromatic rings. The molecule has 0 amide bonds. The molecule has 0 spiro atoms. The summed E-state index contributed by atoms with van der Waals surface area (Å²) in [4.78, 5) is 23.6. The third-order valence-electron chi connectivity index (χ3n) is 3.92. The topological polar surface area (TPSA) is 100 Å². The summed E-state index contributed by atoms with van der Waals surface area (Å²) in [6, 6.07) is 8.45. The van der Waals surface area contributed by atoms with E-state index >= 15 is 0 Å². The second-order valence-electron chi connectivity index (χ2n) is 5.85. The number of carbonyl (C=O) groups excluding carboxylic acids is 1. The minimum Gasteiger partial charge on any atom is -0.497 e. The highest BCUT2D eigenvalue weighted by Crippen LogP contribution is 2.34. The molecule has 0 radical (unpaired) electrons. The van der Waals surface area contributed by atoms with Crippen LogP contribution in [0.15, 0.2) is 58.9 Å². The van der Waals surface area contributed by atoms with Crippen molar-refractivity contribution < 1.29 is 18.8 Å². The van der Waals surface area contributed by atoms with E-state index in [1.807, 2.05) is 0 Å². The van der Waals surface area contributed by atoms with Gasteiger partial charge in [0.15, 0.2) is 10.9 Å². The van der Waals surface area contributed by atoms with E-state index in [9.17, 15) is 19.3 Å². The lowest BCUT2D eigenvalue weighted by Gasteiger charge is -2.04. The predicted molar refractivity (Wildman–Crippen MR) is 105 cm³/mol. The average molecular weight is 414 g/mol. The van der Waals surface area contributed by atoms with Gasteiger partial charge in [-0.2, -0.15) is 0 Å². The summed E-state index contributed by atoms with van der Waals surface area (Å²) in [7, 11) is 3.13. The van der Waals surface area contributed by atoms with Crippen LogP contribution in [-0.4, -0.2) is 32.6 Å². The number of hydrogen-bond donors (Lipinski definition) is 0. The number of ketones is 1. The number of rotatable bonds is 7. The molecule has 1 aromatic heterocycles. The lowest BCUT2D eigenvalue weighted by molar-refractivity contribution is -0.387. The number of benzene rings is 2. The van der Waals surface area contributed by atoms with E-state index in [1.54, 1.807) is 23.7 Å². The van der Waals surface area contributed by atoms with E-state index in [-0.39, 0.29) is 11.3 Å². The van der Waals surface area contributed by atoms with Crippen molar-refractivity contribution in [2.24, 2.45) is 7.05 Å². The molecule has 0 bridgehead atoms. The van der Waals surface area contributed by atoms with Crippen LogP contribution in [0.5, 0.6) is 5.75 Å². The Bertz CT molecular complexity index is 1110. The lowest BCUT2D eigenvalue weighted by Crippen LogP contribution is -1.99. The Kier molecular flexibility index (Phi) is 6.03. The van der Waals surface area contributed by atoms with E-state index < -0.39 is 16.5 Å². The molecule has 29 heavy (non-hydrogen) atoms. The Labute approximate surface area is 169 Å². The largest absolute Gasteiger partial charge is 0.497 e. The molecular weight excluding hydrogens is 399 g/mol. The van der Waals surface area contributed by atoms with Crippen LogP contribution in [0.4, 0.5) is 10.1 Å². The van der Waals surface area contributed by atoms with Gasteiger partial charge in [0.1, 0.15) is 17.9 Å². The highest BCUT2D eigenvalue weighted by atomic mass is 32.2. The molecule has 8 nitrogen and oxygen atoms in total. The fraction of sp³-hybridized carbons (Fsp3) is 0.105. The Hall–Kier alpha value is -3.53. The van der Waals surface area contributed by atoms with Gasteiger partial charge in [-0.25, -0.2) is 4.39 Å². The maximum Gasteiger partial charge on any atom is 0.283 e. The molecule has 0 aliphatic heterocycles. The quantitative estimate of drug-likeness (QED) is 0.250. The first kappa shape index (κ1) is 20.2. The van der Waals surface area contributed by atoms with Gasteiger partial charge < -0.3 is 9.30 Å². The molecule has 0 saturated heterocycles. The zero-order chi connectivity index (χ0) is 21.0. The van der Waals surface area contributed by atoms with Crippen LogP contribution in [0, 0.1) is 15.9 Å². The molecule has 0 atom stereocenters. The van der Waals surface area contributed by atoms with E-state index in [4.69, 9.17) is 4.74 Å². The normalized spacial score (nSPS) is 11.0. The van der Waals surface area contributed by atoms with Gasteiger partial charge >= 0.3 is 0 Å². The first-order valence-corrected chi connectivity index (χ1v) is 9.07. The summed E-state index contributed by atoms with van der Waals surface area (Å²) in [5, 5.41) is 19.6. The summed E-state index contributed by atoms with van der Waals surface area (Å²) in [5.74, 6) is -0.972. The fourth-order valence-electron chi connectivity index (χ4n) is 2.41. The Balaban J connectivity index is 1.84. The molecule has 0 unspecified atom stereocenters. The van der Waals surface area contributed by atoms with Crippen LogP contribution in [0.3, 0.4) is 0 Å². The van der Waals surface area contributed by atoms with Gasteiger partial charge in [0.2, 0.25) is 0 Å². The highest BCUT2D eigenvalue weighted by molar-refractivity contribution is 7.99. The maximum atomic E-state index is 14.0. The van der Waals surface area contributed by atoms with Gasteiger partial charge in [0.25, 0.3) is 5.69 Å². The number of hydrogen-bond acceptors (Lipinski definition) is 7. The van der Waals surface area contributed by atoms with Crippen molar-refractivity contribution >= 4 is 29.3 Å². The smallest absolute Gasteiger partial charge is 0.283 e. The van der Waals surface area contributed by atoms with Crippen molar-refractivity contribution in [1.82, 2.24) is 14.8 Å². The van der Waals surface area contributed by atoms with E-state index in [0.29, 0.717) is 21.4 Å². The summed E-state index contributed by atoms with van der Waals surface area (Å²) >= 11 is 1.11. The SMILES string of the molecule is COc1ccc(C(=O)/C=C/c2ccc(Sc3nncn3C)c([N+](=O)[O-])c2)c(F)c1. The molecule has 0 aliphatic rings. The number of nitro groups is 1. The monoisotopic (exact) mass is 414 g/mol. The minimum atomic E-state index is -0.708. The van der Waals surface area contributed by atoms with Crippen LogP contribution in [0.25, 0.3) is 6.08 Å². The minimum absolute atomic E-state index is 0.119. The molecule has 148 valence electrons. The molecule has 0 fully saturated rings. The van der Waals surface area contributed by atoms with E-state index in [0.717, 1.165) is 17.8 Å². The number of methoxy groups -OCH3 is 1. The molecule has 3 rings (SSSR count). The number of carbonyl (C=O) groups is 1. The number of nitrogens with zero attached hydrogens (tertiary/aromatic N) is 4. The van der Waals surface area contributed by atoms with Crippen molar-refractivity contribution in [2.75, 3.05) is 7.11 Å². The zero-order valence-electron chi connectivity index (χ0n) is 15.4. The second-order valence-corrected chi connectivity index (χ2v) is 6.86. The first-order valence-electron chi connectivity index (χ1n) is 8.25. The van der Waals surface area contributed by atoms with E-state index in [2.05, 4.69) is 10.2 Å². The van der Waals surface area contributed by atoms with Crippen LogP contribution >= 0.6 is 11.8 Å². The molecule has 0 saturated carbocycles.